The summed E-state index contributed by atoms with van der Waals surface area (Å²) in [6.45, 7) is 3.88. The monoisotopic (exact) mass is 466 g/mol. The molecule has 35 heavy (non-hydrogen) atoms. The Labute approximate surface area is 205 Å². The van der Waals surface area contributed by atoms with E-state index in [-0.39, 0.29) is 12.0 Å². The van der Waals surface area contributed by atoms with E-state index >= 15 is 0 Å². The first-order chi connectivity index (χ1) is 17.0. The van der Waals surface area contributed by atoms with E-state index in [9.17, 15) is 9.90 Å². The van der Waals surface area contributed by atoms with Gasteiger partial charge >= 0.3 is 5.97 Å². The van der Waals surface area contributed by atoms with Gasteiger partial charge in [0, 0.05) is 37.3 Å². The summed E-state index contributed by atoms with van der Waals surface area (Å²) in [5.41, 5.74) is 8.98. The van der Waals surface area contributed by atoms with Gasteiger partial charge in [-0.15, -0.1) is 0 Å². The van der Waals surface area contributed by atoms with E-state index in [2.05, 4.69) is 65.6 Å². The van der Waals surface area contributed by atoms with Crippen molar-refractivity contribution in [2.45, 2.75) is 19.3 Å². The number of phenols is 1. The Morgan fingerprint density at radius 3 is 2.31 bits per heavy atom. The van der Waals surface area contributed by atoms with Crippen molar-refractivity contribution in [3.63, 3.8) is 0 Å². The van der Waals surface area contributed by atoms with Crippen LogP contribution in [0.3, 0.4) is 0 Å². The number of fused-ring (bicyclic) bond motifs is 1. The molecule has 0 unspecified atom stereocenters. The Bertz CT molecular complexity index is 1280. The van der Waals surface area contributed by atoms with Crippen molar-refractivity contribution in [1.29, 1.82) is 0 Å². The molecule has 0 bridgehead atoms. The molecular formula is C30H30N2O3. The molecule has 3 aliphatic rings. The number of rotatable bonds is 5. The molecule has 3 aromatic rings. The van der Waals surface area contributed by atoms with Crippen LogP contribution in [0.25, 0.3) is 11.1 Å². The molecular weight excluding hydrogens is 436 g/mol. The van der Waals surface area contributed by atoms with Crippen LogP contribution in [0, 0.1) is 5.41 Å². The van der Waals surface area contributed by atoms with E-state index in [4.69, 9.17) is 5.11 Å². The third-order valence-corrected chi connectivity index (χ3v) is 7.71. The molecule has 178 valence electrons. The zero-order valence-corrected chi connectivity index (χ0v) is 19.8. The number of benzene rings is 3. The fourth-order valence-corrected chi connectivity index (χ4v) is 6.22. The Kier molecular flexibility index (Phi) is 5.37. The lowest BCUT2D eigenvalue weighted by molar-refractivity contribution is -0.142. The molecule has 0 aromatic heterocycles. The highest BCUT2D eigenvalue weighted by atomic mass is 16.4. The Morgan fingerprint density at radius 2 is 1.60 bits per heavy atom. The van der Waals surface area contributed by atoms with Crippen LogP contribution in [-0.4, -0.2) is 53.8 Å². The summed E-state index contributed by atoms with van der Waals surface area (Å²) in [6, 6.07) is 25.3. The van der Waals surface area contributed by atoms with Gasteiger partial charge in [0.05, 0.1) is 6.54 Å². The lowest BCUT2D eigenvalue weighted by atomic mass is 9.72. The van der Waals surface area contributed by atoms with Crippen LogP contribution in [0.5, 0.6) is 5.75 Å². The third-order valence-electron chi connectivity index (χ3n) is 7.71. The standard InChI is InChI=1S/C30H30N2O3/c33-25-13-14-27-23(15-25)7-4-8-26(21-5-2-1-3-6-21)29(27)22-9-11-24(12-10-22)32-19-30(20-32)17-31(18-30)16-28(34)35/h1-3,5-6,9-15,33H,4,7-8,16-20H2,(H,34,35). The molecule has 0 radical (unpaired) electrons. The van der Waals surface area contributed by atoms with Crippen LogP contribution in [0.4, 0.5) is 5.69 Å². The minimum Gasteiger partial charge on any atom is -0.508 e. The van der Waals surface area contributed by atoms with Gasteiger partial charge < -0.3 is 15.1 Å². The number of aliphatic carboxylic acids is 1. The van der Waals surface area contributed by atoms with Crippen LogP contribution in [0.15, 0.2) is 72.8 Å². The maximum absolute atomic E-state index is 10.9. The van der Waals surface area contributed by atoms with E-state index in [0.29, 0.717) is 5.75 Å². The highest BCUT2D eigenvalue weighted by Crippen LogP contribution is 2.44. The van der Waals surface area contributed by atoms with Gasteiger partial charge in [0.2, 0.25) is 0 Å². The molecule has 0 atom stereocenters. The predicted octanol–water partition coefficient (Wildman–Crippen LogP) is 4.89. The maximum Gasteiger partial charge on any atom is 0.317 e. The van der Waals surface area contributed by atoms with E-state index in [0.717, 1.165) is 45.4 Å². The Balaban J connectivity index is 1.29. The smallest absolute Gasteiger partial charge is 0.317 e. The van der Waals surface area contributed by atoms with Crippen LogP contribution >= 0.6 is 0 Å². The van der Waals surface area contributed by atoms with E-state index in [1.54, 1.807) is 6.07 Å². The highest BCUT2D eigenvalue weighted by Gasteiger charge is 2.51. The lowest BCUT2D eigenvalue weighted by Gasteiger charge is -2.60. The quantitative estimate of drug-likeness (QED) is 0.560. The summed E-state index contributed by atoms with van der Waals surface area (Å²) in [4.78, 5) is 15.3. The van der Waals surface area contributed by atoms with Gasteiger partial charge in [0.25, 0.3) is 0 Å². The average Bonchev–Trinajstić information content (AvgIpc) is 2.99. The number of nitrogens with zero attached hydrogens (tertiary/aromatic N) is 2. The number of anilines is 1. The lowest BCUT2D eigenvalue weighted by Crippen LogP contribution is -2.72. The molecule has 0 saturated carbocycles. The molecule has 2 aliphatic heterocycles. The molecule has 3 aromatic carbocycles. The number of hydrogen-bond acceptors (Lipinski definition) is 4. The molecule has 1 aliphatic carbocycles. The van der Waals surface area contributed by atoms with Crippen molar-refractivity contribution in [2.75, 3.05) is 37.6 Å². The topological polar surface area (TPSA) is 64.0 Å². The third kappa shape index (κ3) is 4.10. The SMILES string of the molecule is O=C(O)CN1CC2(C1)CN(c1ccc(C3=C(c4ccccc4)CCCc4cc(O)ccc43)cc1)C2. The highest BCUT2D eigenvalue weighted by molar-refractivity contribution is 6.00. The molecule has 5 nitrogen and oxygen atoms in total. The average molecular weight is 467 g/mol. The number of aromatic hydroxyl groups is 1. The molecule has 2 fully saturated rings. The molecule has 2 saturated heterocycles. The zero-order valence-electron chi connectivity index (χ0n) is 19.8. The van der Waals surface area contributed by atoms with Crippen molar-refractivity contribution < 1.29 is 15.0 Å². The Morgan fingerprint density at radius 1 is 0.857 bits per heavy atom. The van der Waals surface area contributed by atoms with Crippen molar-refractivity contribution in [3.05, 3.63) is 95.1 Å². The second-order valence-corrected chi connectivity index (χ2v) is 10.4. The number of carboxylic acid groups (broad SMARTS) is 1. The van der Waals surface area contributed by atoms with Crippen LogP contribution < -0.4 is 4.90 Å². The van der Waals surface area contributed by atoms with Crippen molar-refractivity contribution in [3.8, 4) is 5.75 Å². The van der Waals surface area contributed by atoms with Crippen molar-refractivity contribution in [1.82, 2.24) is 4.90 Å². The largest absolute Gasteiger partial charge is 0.508 e. The number of allylic oxidation sites excluding steroid dienone is 1. The number of hydrogen-bond donors (Lipinski definition) is 2. The number of aryl methyl sites for hydroxylation is 1. The van der Waals surface area contributed by atoms with Gasteiger partial charge in [-0.3, -0.25) is 9.69 Å². The van der Waals surface area contributed by atoms with E-state index in [1.807, 2.05) is 11.0 Å². The fraction of sp³-hybridized carbons (Fsp3) is 0.300. The van der Waals surface area contributed by atoms with Crippen molar-refractivity contribution in [2.24, 2.45) is 5.41 Å². The molecule has 6 rings (SSSR count). The molecule has 0 amide bonds. The number of carboxylic acids is 1. The first kappa shape index (κ1) is 21.9. The summed E-state index contributed by atoms with van der Waals surface area (Å²) in [7, 11) is 0. The summed E-state index contributed by atoms with van der Waals surface area (Å²) >= 11 is 0. The number of phenolic OH excluding ortho intramolecular Hbond substituents is 1. The van der Waals surface area contributed by atoms with Crippen molar-refractivity contribution >= 4 is 22.8 Å². The molecule has 2 heterocycles. The minimum atomic E-state index is -0.744. The number of likely N-dealkylation sites (tertiary alicyclic amines) is 1. The fourth-order valence-electron chi connectivity index (χ4n) is 6.22. The number of carbonyl (C=O) groups is 1. The van der Waals surface area contributed by atoms with E-state index < -0.39 is 5.97 Å². The Hall–Kier alpha value is -3.57. The zero-order chi connectivity index (χ0) is 24.0. The summed E-state index contributed by atoms with van der Waals surface area (Å²) < 4.78 is 0. The van der Waals surface area contributed by atoms with E-state index in [1.165, 1.54) is 39.1 Å². The summed E-state index contributed by atoms with van der Waals surface area (Å²) in [5.74, 6) is -0.419. The van der Waals surface area contributed by atoms with Gasteiger partial charge in [-0.1, -0.05) is 48.5 Å². The second-order valence-electron chi connectivity index (χ2n) is 10.4. The summed E-state index contributed by atoms with van der Waals surface area (Å²) in [6.07, 6.45) is 3.01. The molecule has 1 spiro atoms. The van der Waals surface area contributed by atoms with Gasteiger partial charge in [0.15, 0.2) is 0 Å². The normalized spacial score (nSPS) is 19.0. The van der Waals surface area contributed by atoms with Crippen LogP contribution in [0.1, 0.15) is 35.1 Å². The second kappa shape index (κ2) is 8.58. The molecule has 5 heteroatoms. The minimum absolute atomic E-state index is 0.147. The van der Waals surface area contributed by atoms with Gasteiger partial charge in [-0.2, -0.15) is 0 Å². The van der Waals surface area contributed by atoms with Gasteiger partial charge in [0.1, 0.15) is 5.75 Å². The first-order valence-corrected chi connectivity index (χ1v) is 12.4. The molecule has 2 N–H and O–H groups in total. The maximum atomic E-state index is 10.9. The first-order valence-electron chi connectivity index (χ1n) is 12.4. The van der Waals surface area contributed by atoms with Crippen LogP contribution in [-0.2, 0) is 11.2 Å². The van der Waals surface area contributed by atoms with Gasteiger partial charge in [-0.25, -0.2) is 0 Å². The predicted molar refractivity (Wildman–Crippen MR) is 139 cm³/mol. The summed E-state index contributed by atoms with van der Waals surface area (Å²) in [5, 5.41) is 19.1. The van der Waals surface area contributed by atoms with Crippen LogP contribution in [0.2, 0.25) is 0 Å². The van der Waals surface area contributed by atoms with Gasteiger partial charge in [-0.05, 0) is 76.9 Å².